The molecular weight excluding hydrogens is 380 g/mol. The van der Waals surface area contributed by atoms with Gasteiger partial charge in [0.25, 0.3) is 10.0 Å². The molecule has 1 aromatic carbocycles. The fourth-order valence-electron chi connectivity index (χ4n) is 2.43. The minimum atomic E-state index is -3.55. The van der Waals surface area contributed by atoms with Crippen LogP contribution in [0.1, 0.15) is 18.9 Å². The van der Waals surface area contributed by atoms with Crippen LogP contribution in [0.3, 0.4) is 0 Å². The Morgan fingerprint density at radius 2 is 2.00 bits per heavy atom. The Hall–Kier alpha value is -1.68. The lowest BCUT2D eigenvalue weighted by atomic mass is 10.2. The molecule has 0 aromatic heterocycles. The highest BCUT2D eigenvalue weighted by atomic mass is 35.5. The molecule has 1 atom stereocenters. The number of amidine groups is 1. The van der Waals surface area contributed by atoms with Crippen molar-refractivity contribution in [2.45, 2.75) is 24.3 Å². The molecule has 0 aliphatic carbocycles. The summed E-state index contributed by atoms with van der Waals surface area (Å²) in [7, 11) is -1.92. The van der Waals surface area contributed by atoms with Crippen LogP contribution >= 0.6 is 12.4 Å². The van der Waals surface area contributed by atoms with Crippen molar-refractivity contribution in [2.75, 3.05) is 33.4 Å². The molecule has 2 rings (SSSR count). The molecule has 26 heavy (non-hydrogen) atoms. The van der Waals surface area contributed by atoms with Gasteiger partial charge in [-0.05, 0) is 19.1 Å². The lowest BCUT2D eigenvalue weighted by Crippen LogP contribution is -2.34. The third kappa shape index (κ3) is 6.24. The normalized spacial score (nSPS) is 17.1. The number of ether oxygens (including phenoxy) is 1. The minimum absolute atomic E-state index is 0. The molecule has 0 saturated heterocycles. The van der Waals surface area contributed by atoms with Crippen LogP contribution in [-0.2, 0) is 19.6 Å². The average Bonchev–Trinajstić information content (AvgIpc) is 2.82. The highest BCUT2D eigenvalue weighted by Crippen LogP contribution is 2.22. The fourth-order valence-corrected chi connectivity index (χ4v) is 3.66. The number of nitrogens with one attached hydrogen (secondary N) is 3. The molecule has 1 heterocycles. The zero-order valence-electron chi connectivity index (χ0n) is 14.8. The van der Waals surface area contributed by atoms with Gasteiger partial charge in [0.15, 0.2) is 0 Å². The van der Waals surface area contributed by atoms with Gasteiger partial charge in [0.1, 0.15) is 5.84 Å². The first-order chi connectivity index (χ1) is 11.9. The predicted octanol–water partition coefficient (Wildman–Crippen LogP) is 0.278. The Kier molecular flexibility index (Phi) is 9.00. The third-order valence-corrected chi connectivity index (χ3v) is 5.00. The quantitative estimate of drug-likeness (QED) is 0.512. The molecule has 146 valence electrons. The van der Waals surface area contributed by atoms with Gasteiger partial charge in [-0.2, -0.15) is 0 Å². The summed E-state index contributed by atoms with van der Waals surface area (Å²) in [5.74, 6) is 0.164. The highest BCUT2D eigenvalue weighted by Gasteiger charge is 2.30. The van der Waals surface area contributed by atoms with Crippen LogP contribution in [0.2, 0.25) is 0 Å². The summed E-state index contributed by atoms with van der Waals surface area (Å²) < 4.78 is 31.4. The van der Waals surface area contributed by atoms with Crippen LogP contribution in [0.25, 0.3) is 0 Å². The lowest BCUT2D eigenvalue weighted by molar-refractivity contribution is -0.121. The van der Waals surface area contributed by atoms with Crippen molar-refractivity contribution in [1.82, 2.24) is 15.4 Å². The van der Waals surface area contributed by atoms with E-state index in [1.807, 2.05) is 0 Å². The summed E-state index contributed by atoms with van der Waals surface area (Å²) >= 11 is 0. The van der Waals surface area contributed by atoms with Crippen molar-refractivity contribution >= 4 is 34.2 Å². The Labute approximate surface area is 160 Å². The van der Waals surface area contributed by atoms with E-state index in [0.29, 0.717) is 25.3 Å². The summed E-state index contributed by atoms with van der Waals surface area (Å²) in [6, 6.07) is 6.31. The Morgan fingerprint density at radius 1 is 1.27 bits per heavy atom. The number of aliphatic imine (C=N–C) groups is 1. The number of hydrogen-bond acceptors (Lipinski definition) is 6. The number of methoxy groups -OCH3 is 1. The van der Waals surface area contributed by atoms with Crippen molar-refractivity contribution in [1.29, 1.82) is 0 Å². The number of benzene rings is 1. The lowest BCUT2D eigenvalue weighted by Gasteiger charge is -2.10. The van der Waals surface area contributed by atoms with Crippen molar-refractivity contribution in [2.24, 2.45) is 4.99 Å². The monoisotopic (exact) mass is 404 g/mol. The first kappa shape index (κ1) is 22.4. The van der Waals surface area contributed by atoms with Gasteiger partial charge in [0.2, 0.25) is 5.91 Å². The second-order valence-corrected chi connectivity index (χ2v) is 7.38. The summed E-state index contributed by atoms with van der Waals surface area (Å²) in [5.41, 5.74) is 0.539. The van der Waals surface area contributed by atoms with Crippen LogP contribution in [0.5, 0.6) is 0 Å². The Morgan fingerprint density at radius 3 is 2.73 bits per heavy atom. The number of amides is 1. The maximum Gasteiger partial charge on any atom is 0.263 e. The van der Waals surface area contributed by atoms with Gasteiger partial charge in [-0.1, -0.05) is 12.1 Å². The van der Waals surface area contributed by atoms with E-state index in [2.05, 4.69) is 20.3 Å². The zero-order valence-corrected chi connectivity index (χ0v) is 16.5. The molecule has 10 heteroatoms. The van der Waals surface area contributed by atoms with Crippen LogP contribution in [-0.4, -0.2) is 59.6 Å². The van der Waals surface area contributed by atoms with Gasteiger partial charge >= 0.3 is 0 Å². The van der Waals surface area contributed by atoms with Crippen molar-refractivity contribution in [3.8, 4) is 0 Å². The molecule has 0 radical (unpaired) electrons. The standard InChI is InChI=1S/C16H24N4O4S.ClH/c1-12(11-15(21)18-8-7-17-9-10-24-2)19-16-13-5-3-4-6-14(13)25(22,23)20-16;/h3-6,12,17H,7-11H2,1-2H3,(H,18,21)(H,19,20);1H. The van der Waals surface area contributed by atoms with Crippen molar-refractivity contribution < 1.29 is 17.9 Å². The summed E-state index contributed by atoms with van der Waals surface area (Å²) in [6.07, 6.45) is 0.186. The Bertz CT molecular complexity index is 740. The molecule has 1 aliphatic rings. The van der Waals surface area contributed by atoms with E-state index >= 15 is 0 Å². The molecule has 0 fully saturated rings. The molecule has 0 bridgehead atoms. The maximum atomic E-state index is 12.0. The van der Waals surface area contributed by atoms with Gasteiger partial charge < -0.3 is 15.4 Å². The van der Waals surface area contributed by atoms with E-state index in [9.17, 15) is 13.2 Å². The number of halogens is 1. The topological polar surface area (TPSA) is 109 Å². The molecule has 0 saturated carbocycles. The van der Waals surface area contributed by atoms with Gasteiger partial charge in [0, 0.05) is 38.7 Å². The number of fused-ring (bicyclic) bond motifs is 1. The molecule has 1 unspecified atom stereocenters. The summed E-state index contributed by atoms with van der Waals surface area (Å²) in [4.78, 5) is 16.5. The molecule has 8 nitrogen and oxygen atoms in total. The number of rotatable bonds is 9. The second kappa shape index (κ2) is 10.5. The average molecular weight is 405 g/mol. The van der Waals surface area contributed by atoms with E-state index < -0.39 is 10.0 Å². The van der Waals surface area contributed by atoms with Gasteiger partial charge in [0.05, 0.1) is 17.5 Å². The highest BCUT2D eigenvalue weighted by molar-refractivity contribution is 7.90. The predicted molar refractivity (Wildman–Crippen MR) is 102 cm³/mol. The van der Waals surface area contributed by atoms with Crippen LogP contribution in [0, 0.1) is 0 Å². The molecule has 3 N–H and O–H groups in total. The largest absolute Gasteiger partial charge is 0.383 e. The van der Waals surface area contributed by atoms with Crippen molar-refractivity contribution in [3.63, 3.8) is 0 Å². The Balaban J connectivity index is 0.00000338. The summed E-state index contributed by atoms with van der Waals surface area (Å²) in [5, 5.41) is 5.93. The zero-order chi connectivity index (χ0) is 18.3. The second-order valence-electron chi connectivity index (χ2n) is 5.73. The van der Waals surface area contributed by atoms with E-state index in [0.717, 1.165) is 6.54 Å². The third-order valence-electron chi connectivity index (χ3n) is 3.60. The molecule has 1 aromatic rings. The van der Waals surface area contributed by atoms with Crippen LogP contribution < -0.4 is 15.4 Å². The number of carbonyl (C=O) groups excluding carboxylic acids is 1. The first-order valence-corrected chi connectivity index (χ1v) is 9.58. The number of sulfonamides is 1. The van der Waals surface area contributed by atoms with E-state index in [4.69, 9.17) is 4.74 Å². The van der Waals surface area contributed by atoms with Gasteiger partial charge in [-0.25, -0.2) is 8.42 Å². The van der Waals surface area contributed by atoms with E-state index in [-0.39, 0.29) is 41.5 Å². The molecule has 1 aliphatic heterocycles. The summed E-state index contributed by atoms with van der Waals surface area (Å²) in [6.45, 7) is 4.31. The molecule has 1 amide bonds. The van der Waals surface area contributed by atoms with Crippen LogP contribution in [0.15, 0.2) is 34.2 Å². The smallest absolute Gasteiger partial charge is 0.263 e. The maximum absolute atomic E-state index is 12.0. The van der Waals surface area contributed by atoms with Gasteiger partial charge in [-0.15, -0.1) is 12.4 Å². The fraction of sp³-hybridized carbons (Fsp3) is 0.500. The number of hydrogen-bond donors (Lipinski definition) is 3. The molecular formula is C16H25ClN4O4S. The van der Waals surface area contributed by atoms with Crippen LogP contribution in [0.4, 0.5) is 0 Å². The number of nitrogens with zero attached hydrogens (tertiary/aromatic N) is 1. The van der Waals surface area contributed by atoms with Gasteiger partial charge in [-0.3, -0.25) is 14.5 Å². The SMILES string of the molecule is COCCNCCNC(=O)CC(C)N=C1NS(=O)(=O)c2ccccc21.Cl. The van der Waals surface area contributed by atoms with E-state index in [1.54, 1.807) is 32.2 Å². The van der Waals surface area contributed by atoms with Crippen molar-refractivity contribution in [3.05, 3.63) is 29.8 Å². The van der Waals surface area contributed by atoms with E-state index in [1.165, 1.54) is 6.07 Å². The first-order valence-electron chi connectivity index (χ1n) is 8.10. The number of carbonyl (C=O) groups is 1. The molecule has 0 spiro atoms. The minimum Gasteiger partial charge on any atom is -0.383 e.